The third-order valence-electron chi connectivity index (χ3n) is 4.52. The first-order valence-electron chi connectivity index (χ1n) is 9.18. The number of carbonyl (C=O) groups excluding carboxylic acids is 1. The van der Waals surface area contributed by atoms with Gasteiger partial charge in [-0.2, -0.15) is 0 Å². The molecule has 1 aromatic heterocycles. The zero-order valence-corrected chi connectivity index (χ0v) is 16.3. The maximum Gasteiger partial charge on any atom is 0.305 e. The zero-order chi connectivity index (χ0) is 18.1. The molecule has 0 spiro atoms. The summed E-state index contributed by atoms with van der Waals surface area (Å²) in [5.74, 6) is -0.118. The second kappa shape index (κ2) is 9.80. The minimum absolute atomic E-state index is 0.118. The summed E-state index contributed by atoms with van der Waals surface area (Å²) in [5, 5.41) is 8.75. The quantitative estimate of drug-likeness (QED) is 0.425. The van der Waals surface area contributed by atoms with Crippen LogP contribution in [0, 0.1) is 0 Å². The molecule has 1 unspecified atom stereocenters. The molecule has 25 heavy (non-hydrogen) atoms. The fourth-order valence-electron chi connectivity index (χ4n) is 2.95. The number of esters is 1. The van der Waals surface area contributed by atoms with Gasteiger partial charge in [0.1, 0.15) is 10.4 Å². The first-order chi connectivity index (χ1) is 12.2. The molecule has 6 heteroatoms. The Kier molecular flexibility index (Phi) is 7.75. The predicted octanol–water partition coefficient (Wildman–Crippen LogP) is 4.76. The number of nitrogens with zero attached hydrogens (tertiary/aromatic N) is 3. The van der Waals surface area contributed by atoms with Gasteiger partial charge in [-0.25, -0.2) is 4.68 Å². The molecule has 0 radical (unpaired) electrons. The number of hydrogen-bond acceptors (Lipinski definition) is 5. The van der Waals surface area contributed by atoms with Gasteiger partial charge in [0.25, 0.3) is 0 Å². The van der Waals surface area contributed by atoms with Gasteiger partial charge in [-0.15, -0.1) is 16.9 Å². The van der Waals surface area contributed by atoms with Crippen molar-refractivity contribution in [2.45, 2.75) is 63.7 Å². The molecule has 2 aromatic rings. The fourth-order valence-corrected chi connectivity index (χ4v) is 3.91. The number of thioether (sulfide) groups is 1. The molecule has 0 saturated carbocycles. The predicted molar refractivity (Wildman–Crippen MR) is 104 cm³/mol. The van der Waals surface area contributed by atoms with E-state index < -0.39 is 0 Å². The fraction of sp³-hybridized carbons (Fsp3) is 0.632. The van der Waals surface area contributed by atoms with Crippen molar-refractivity contribution in [2.75, 3.05) is 12.9 Å². The SMILES string of the molecule is CCCCOC(=O)CCC(CCCC)(SC)n1nnc2ccccc21. The molecule has 5 nitrogen and oxygen atoms in total. The third kappa shape index (κ3) is 4.97. The van der Waals surface area contributed by atoms with E-state index in [1.165, 1.54) is 0 Å². The van der Waals surface area contributed by atoms with Gasteiger partial charge in [-0.1, -0.05) is 50.5 Å². The first kappa shape index (κ1) is 19.8. The lowest BCUT2D eigenvalue weighted by atomic mass is 10.0. The maximum absolute atomic E-state index is 12.1. The number of unbranched alkanes of at least 4 members (excludes halogenated alkanes) is 2. The minimum Gasteiger partial charge on any atom is -0.466 e. The number of para-hydroxylation sites is 1. The Morgan fingerprint density at radius 1 is 1.20 bits per heavy atom. The summed E-state index contributed by atoms with van der Waals surface area (Å²) < 4.78 is 7.35. The summed E-state index contributed by atoms with van der Waals surface area (Å²) in [6, 6.07) is 8.00. The van der Waals surface area contributed by atoms with Gasteiger partial charge in [0.05, 0.1) is 12.1 Å². The average Bonchev–Trinajstić information content (AvgIpc) is 3.07. The molecule has 0 aliphatic rings. The lowest BCUT2D eigenvalue weighted by molar-refractivity contribution is -0.144. The second-order valence-electron chi connectivity index (χ2n) is 6.32. The van der Waals surface area contributed by atoms with Crippen molar-refractivity contribution >= 4 is 28.8 Å². The molecule has 1 aromatic carbocycles. The topological polar surface area (TPSA) is 57.0 Å². The van der Waals surface area contributed by atoms with E-state index in [0.717, 1.165) is 43.1 Å². The molecule has 1 atom stereocenters. The van der Waals surface area contributed by atoms with Crippen LogP contribution in [0.3, 0.4) is 0 Å². The van der Waals surface area contributed by atoms with E-state index >= 15 is 0 Å². The molecule has 0 saturated heterocycles. The number of ether oxygens (including phenoxy) is 1. The van der Waals surface area contributed by atoms with Crippen LogP contribution in [-0.4, -0.2) is 33.8 Å². The van der Waals surface area contributed by atoms with E-state index in [1.54, 1.807) is 11.8 Å². The summed E-state index contributed by atoms with van der Waals surface area (Å²) in [7, 11) is 0. The van der Waals surface area contributed by atoms with Crippen LogP contribution in [0.1, 0.15) is 58.8 Å². The van der Waals surface area contributed by atoms with Gasteiger partial charge < -0.3 is 4.74 Å². The lowest BCUT2D eigenvalue weighted by Crippen LogP contribution is -2.32. The summed E-state index contributed by atoms with van der Waals surface area (Å²) in [5.41, 5.74) is 1.91. The second-order valence-corrected chi connectivity index (χ2v) is 7.49. The van der Waals surface area contributed by atoms with Crippen LogP contribution in [0.15, 0.2) is 24.3 Å². The standard InChI is InChI=1S/C19H29N3O2S/c1-4-6-13-19(25-3,14-12-18(23)24-15-7-5-2)22-17-11-9-8-10-16(17)20-21-22/h8-11H,4-7,12-15H2,1-3H3. The van der Waals surface area contributed by atoms with Gasteiger partial charge in [0.2, 0.25) is 0 Å². The van der Waals surface area contributed by atoms with E-state index in [9.17, 15) is 4.79 Å². The van der Waals surface area contributed by atoms with Crippen molar-refractivity contribution in [1.29, 1.82) is 0 Å². The van der Waals surface area contributed by atoms with Crippen molar-refractivity contribution in [1.82, 2.24) is 15.0 Å². The molecule has 138 valence electrons. The Morgan fingerprint density at radius 3 is 2.68 bits per heavy atom. The van der Waals surface area contributed by atoms with Crippen LogP contribution in [0.4, 0.5) is 0 Å². The molecule has 0 N–H and O–H groups in total. The molecule has 0 fully saturated rings. The third-order valence-corrected chi connectivity index (χ3v) is 5.86. The number of aromatic nitrogens is 3. The van der Waals surface area contributed by atoms with Crippen molar-refractivity contribution in [3.8, 4) is 0 Å². The van der Waals surface area contributed by atoms with E-state index in [2.05, 4.69) is 30.4 Å². The highest BCUT2D eigenvalue weighted by atomic mass is 32.2. The summed E-state index contributed by atoms with van der Waals surface area (Å²) >= 11 is 1.75. The van der Waals surface area contributed by atoms with E-state index in [1.807, 2.05) is 28.9 Å². The van der Waals surface area contributed by atoms with Crippen molar-refractivity contribution < 1.29 is 9.53 Å². The largest absolute Gasteiger partial charge is 0.466 e. The maximum atomic E-state index is 12.1. The molecule has 0 amide bonds. The van der Waals surface area contributed by atoms with Crippen molar-refractivity contribution in [3.63, 3.8) is 0 Å². The Balaban J connectivity index is 2.20. The summed E-state index contributed by atoms with van der Waals surface area (Å²) in [4.78, 5) is 11.8. The molecule has 1 heterocycles. The molecular weight excluding hydrogens is 334 g/mol. The Bertz CT molecular complexity index is 673. The summed E-state index contributed by atoms with van der Waals surface area (Å²) in [6.07, 6.45) is 8.30. The van der Waals surface area contributed by atoms with Gasteiger partial charge >= 0.3 is 5.97 Å². The van der Waals surface area contributed by atoms with Gasteiger partial charge in [0, 0.05) is 6.42 Å². The molecule has 0 aliphatic heterocycles. The van der Waals surface area contributed by atoms with Crippen LogP contribution in [0.5, 0.6) is 0 Å². The molecule has 2 rings (SSSR count). The molecular formula is C19H29N3O2S. The highest BCUT2D eigenvalue weighted by Crippen LogP contribution is 2.40. The van der Waals surface area contributed by atoms with Crippen LogP contribution in [-0.2, 0) is 14.4 Å². The van der Waals surface area contributed by atoms with E-state index in [-0.39, 0.29) is 10.8 Å². The number of rotatable bonds is 11. The van der Waals surface area contributed by atoms with E-state index in [0.29, 0.717) is 19.4 Å². The number of fused-ring (bicyclic) bond motifs is 1. The zero-order valence-electron chi connectivity index (χ0n) is 15.5. The number of benzene rings is 1. The minimum atomic E-state index is -0.268. The number of hydrogen-bond donors (Lipinski definition) is 0. The Labute approximate surface area is 154 Å². The van der Waals surface area contributed by atoms with Crippen LogP contribution >= 0.6 is 11.8 Å². The monoisotopic (exact) mass is 363 g/mol. The average molecular weight is 364 g/mol. The molecule has 0 bridgehead atoms. The van der Waals surface area contributed by atoms with Crippen molar-refractivity contribution in [2.24, 2.45) is 0 Å². The van der Waals surface area contributed by atoms with Gasteiger partial charge in [-0.3, -0.25) is 4.79 Å². The smallest absolute Gasteiger partial charge is 0.305 e. The van der Waals surface area contributed by atoms with Gasteiger partial charge in [0.15, 0.2) is 0 Å². The molecule has 0 aliphatic carbocycles. The summed E-state index contributed by atoms with van der Waals surface area (Å²) in [6.45, 7) is 4.79. The van der Waals surface area contributed by atoms with Gasteiger partial charge in [-0.05, 0) is 37.7 Å². The first-order valence-corrected chi connectivity index (χ1v) is 10.4. The van der Waals surface area contributed by atoms with E-state index in [4.69, 9.17) is 4.74 Å². The normalized spacial score (nSPS) is 13.7. The highest BCUT2D eigenvalue weighted by molar-refractivity contribution is 7.99. The van der Waals surface area contributed by atoms with Crippen LogP contribution in [0.2, 0.25) is 0 Å². The Hall–Kier alpha value is -1.56. The lowest BCUT2D eigenvalue weighted by Gasteiger charge is -2.32. The van der Waals surface area contributed by atoms with Crippen molar-refractivity contribution in [3.05, 3.63) is 24.3 Å². The highest BCUT2D eigenvalue weighted by Gasteiger charge is 2.34. The van der Waals surface area contributed by atoms with Crippen LogP contribution < -0.4 is 0 Å². The Morgan fingerprint density at radius 2 is 1.96 bits per heavy atom. The number of carbonyl (C=O) groups is 1. The van der Waals surface area contributed by atoms with Crippen LogP contribution in [0.25, 0.3) is 11.0 Å².